The highest BCUT2D eigenvalue weighted by atomic mass is 32.2. The number of halogens is 1. The molecule has 3 amide bonds. The molecule has 2 aromatic carbocycles. The van der Waals surface area contributed by atoms with E-state index in [1.165, 1.54) is 47.4 Å². The zero-order chi connectivity index (χ0) is 25.0. The number of hydrogen-bond acceptors (Lipinski definition) is 5. The van der Waals surface area contributed by atoms with E-state index in [9.17, 15) is 27.2 Å². The molecule has 0 saturated heterocycles. The first kappa shape index (κ1) is 25.4. The number of fused-ring (bicyclic) bond motifs is 1. The highest BCUT2D eigenvalue weighted by Crippen LogP contribution is 2.30. The molecule has 10 heteroatoms. The topological polar surface area (TPSA) is 104 Å². The highest BCUT2D eigenvalue weighted by molar-refractivity contribution is 7.90. The second kappa shape index (κ2) is 10.3. The molecule has 0 aromatic heterocycles. The van der Waals surface area contributed by atoms with Crippen molar-refractivity contribution in [3.63, 3.8) is 0 Å². The van der Waals surface area contributed by atoms with Crippen molar-refractivity contribution in [2.24, 2.45) is 0 Å². The second-order valence-corrected chi connectivity index (χ2v) is 10.2. The Morgan fingerprint density at radius 1 is 1.09 bits per heavy atom. The third kappa shape index (κ3) is 5.27. The van der Waals surface area contributed by atoms with Crippen LogP contribution >= 0.6 is 0 Å². The predicted molar refractivity (Wildman–Crippen MR) is 124 cm³/mol. The molecule has 0 fully saturated rings. The van der Waals surface area contributed by atoms with Crippen LogP contribution in [0.2, 0.25) is 0 Å². The standard InChI is InChI=1S/C24H28FN3O5S/c1-4-20(23(30)26-16(2)3)27(15-17-9-11-18(25)12-10-17)22(29)13-14-28-24(31)19-7-5-6-8-21(19)34(28,32)33/h5-12,16,20H,4,13-15H2,1-3H3,(H,26,30)/t20-/m1/s1. The number of nitrogens with one attached hydrogen (secondary N) is 1. The molecule has 1 aliphatic rings. The fourth-order valence-corrected chi connectivity index (χ4v) is 5.45. The Labute approximate surface area is 198 Å². The highest BCUT2D eigenvalue weighted by Gasteiger charge is 2.41. The molecule has 0 bridgehead atoms. The Morgan fingerprint density at radius 3 is 2.32 bits per heavy atom. The van der Waals surface area contributed by atoms with Crippen molar-refractivity contribution in [3.8, 4) is 0 Å². The average molecular weight is 490 g/mol. The van der Waals surface area contributed by atoms with Crippen molar-refractivity contribution in [2.45, 2.75) is 57.1 Å². The van der Waals surface area contributed by atoms with Crippen molar-refractivity contribution in [1.29, 1.82) is 0 Å². The smallest absolute Gasteiger partial charge is 0.269 e. The molecule has 1 heterocycles. The lowest BCUT2D eigenvalue weighted by atomic mass is 10.1. The molecular formula is C24H28FN3O5S. The first-order valence-corrected chi connectivity index (χ1v) is 12.5. The van der Waals surface area contributed by atoms with Crippen LogP contribution in [0.1, 0.15) is 49.5 Å². The molecule has 1 aliphatic heterocycles. The molecule has 2 aromatic rings. The Hall–Kier alpha value is -3.27. The normalized spacial score (nSPS) is 15.2. The van der Waals surface area contributed by atoms with Crippen LogP contribution in [-0.2, 0) is 26.2 Å². The van der Waals surface area contributed by atoms with Gasteiger partial charge in [-0.3, -0.25) is 14.4 Å². The van der Waals surface area contributed by atoms with E-state index in [0.717, 1.165) is 0 Å². The van der Waals surface area contributed by atoms with E-state index in [1.807, 2.05) is 0 Å². The number of amides is 3. The molecule has 3 rings (SSSR count). The molecule has 0 unspecified atom stereocenters. The van der Waals surface area contributed by atoms with E-state index >= 15 is 0 Å². The quantitative estimate of drug-likeness (QED) is 0.583. The van der Waals surface area contributed by atoms with Gasteiger partial charge in [-0.15, -0.1) is 0 Å². The van der Waals surface area contributed by atoms with Crippen LogP contribution in [0.3, 0.4) is 0 Å². The van der Waals surface area contributed by atoms with Gasteiger partial charge in [-0.1, -0.05) is 31.2 Å². The minimum absolute atomic E-state index is 0.0318. The van der Waals surface area contributed by atoms with Gasteiger partial charge in [0.05, 0.1) is 5.56 Å². The minimum Gasteiger partial charge on any atom is -0.352 e. The number of nitrogens with zero attached hydrogens (tertiary/aromatic N) is 2. The third-order valence-electron chi connectivity index (χ3n) is 5.52. The van der Waals surface area contributed by atoms with Gasteiger partial charge >= 0.3 is 0 Å². The Balaban J connectivity index is 1.82. The minimum atomic E-state index is -4.05. The summed E-state index contributed by atoms with van der Waals surface area (Å²) >= 11 is 0. The fourth-order valence-electron chi connectivity index (χ4n) is 3.88. The lowest BCUT2D eigenvalue weighted by molar-refractivity contribution is -0.141. The predicted octanol–water partition coefficient (Wildman–Crippen LogP) is 2.69. The van der Waals surface area contributed by atoms with E-state index < -0.39 is 33.7 Å². The Bertz CT molecular complexity index is 1180. The van der Waals surface area contributed by atoms with Crippen LogP contribution in [0, 0.1) is 5.82 Å². The Morgan fingerprint density at radius 2 is 1.74 bits per heavy atom. The maximum Gasteiger partial charge on any atom is 0.269 e. The van der Waals surface area contributed by atoms with Crippen molar-refractivity contribution >= 4 is 27.7 Å². The molecule has 1 N–H and O–H groups in total. The van der Waals surface area contributed by atoms with Crippen LogP contribution in [0.25, 0.3) is 0 Å². The molecule has 182 valence electrons. The van der Waals surface area contributed by atoms with Crippen molar-refractivity contribution in [3.05, 3.63) is 65.5 Å². The van der Waals surface area contributed by atoms with Gasteiger partial charge < -0.3 is 10.2 Å². The summed E-state index contributed by atoms with van der Waals surface area (Å²) in [5, 5.41) is 2.80. The molecular weight excluding hydrogens is 461 g/mol. The maximum absolute atomic E-state index is 13.4. The molecule has 0 aliphatic carbocycles. The van der Waals surface area contributed by atoms with E-state index in [-0.39, 0.29) is 41.9 Å². The van der Waals surface area contributed by atoms with Gasteiger partial charge in [0.1, 0.15) is 16.8 Å². The third-order valence-corrected chi connectivity index (χ3v) is 7.36. The summed E-state index contributed by atoms with van der Waals surface area (Å²) in [4.78, 5) is 40.0. The van der Waals surface area contributed by atoms with Gasteiger partial charge in [-0.2, -0.15) is 0 Å². The number of rotatable bonds is 9. The molecule has 34 heavy (non-hydrogen) atoms. The SMILES string of the molecule is CC[C@H](C(=O)NC(C)C)N(Cc1ccc(F)cc1)C(=O)CCN1C(=O)c2ccccc2S1(=O)=O. The summed E-state index contributed by atoms with van der Waals surface area (Å²) in [6.45, 7) is 5.05. The van der Waals surface area contributed by atoms with Crippen LogP contribution < -0.4 is 5.32 Å². The van der Waals surface area contributed by atoms with Gasteiger partial charge in [-0.05, 0) is 50.1 Å². The summed E-state index contributed by atoms with van der Waals surface area (Å²) in [5.74, 6) is -1.94. The zero-order valence-corrected chi connectivity index (χ0v) is 20.1. The number of carbonyl (C=O) groups excluding carboxylic acids is 3. The monoisotopic (exact) mass is 489 g/mol. The molecule has 8 nitrogen and oxygen atoms in total. The van der Waals surface area contributed by atoms with Crippen LogP contribution in [0.5, 0.6) is 0 Å². The first-order chi connectivity index (χ1) is 16.1. The molecule has 0 spiro atoms. The van der Waals surface area contributed by atoms with E-state index in [1.54, 1.807) is 26.8 Å². The molecule has 1 atom stereocenters. The van der Waals surface area contributed by atoms with Crippen molar-refractivity contribution in [2.75, 3.05) is 6.54 Å². The van der Waals surface area contributed by atoms with E-state index in [0.29, 0.717) is 16.3 Å². The average Bonchev–Trinajstić information content (AvgIpc) is 2.98. The van der Waals surface area contributed by atoms with Gasteiger partial charge in [0.15, 0.2) is 0 Å². The van der Waals surface area contributed by atoms with Crippen molar-refractivity contribution in [1.82, 2.24) is 14.5 Å². The summed E-state index contributed by atoms with van der Waals surface area (Å²) in [5.41, 5.74) is 0.684. The van der Waals surface area contributed by atoms with Gasteiger partial charge in [0.25, 0.3) is 15.9 Å². The van der Waals surface area contributed by atoms with Gasteiger partial charge in [0.2, 0.25) is 11.8 Å². The van der Waals surface area contributed by atoms with Gasteiger partial charge in [0, 0.05) is 25.6 Å². The maximum atomic E-state index is 13.4. The summed E-state index contributed by atoms with van der Waals surface area (Å²) in [6.07, 6.45) is 0.0173. The molecule has 0 radical (unpaired) electrons. The first-order valence-electron chi connectivity index (χ1n) is 11.1. The second-order valence-electron chi connectivity index (χ2n) is 8.36. The fraction of sp³-hybridized carbons (Fsp3) is 0.375. The lowest BCUT2D eigenvalue weighted by Gasteiger charge is -2.31. The van der Waals surface area contributed by atoms with Crippen LogP contribution in [0.15, 0.2) is 53.4 Å². The van der Waals surface area contributed by atoms with E-state index in [4.69, 9.17) is 0 Å². The Kier molecular flexibility index (Phi) is 7.71. The van der Waals surface area contributed by atoms with E-state index in [2.05, 4.69) is 5.32 Å². The number of hydrogen-bond donors (Lipinski definition) is 1. The molecule has 0 saturated carbocycles. The van der Waals surface area contributed by atoms with Crippen LogP contribution in [0.4, 0.5) is 4.39 Å². The number of benzene rings is 2. The lowest BCUT2D eigenvalue weighted by Crippen LogP contribution is -2.51. The van der Waals surface area contributed by atoms with Gasteiger partial charge in [-0.25, -0.2) is 17.1 Å². The zero-order valence-electron chi connectivity index (χ0n) is 19.3. The summed E-state index contributed by atoms with van der Waals surface area (Å²) < 4.78 is 39.7. The summed E-state index contributed by atoms with van der Waals surface area (Å²) in [6, 6.07) is 10.5. The number of carbonyl (C=O) groups is 3. The largest absolute Gasteiger partial charge is 0.352 e. The number of sulfonamides is 1. The summed E-state index contributed by atoms with van der Waals surface area (Å²) in [7, 11) is -4.05. The van der Waals surface area contributed by atoms with Crippen molar-refractivity contribution < 1.29 is 27.2 Å². The van der Waals surface area contributed by atoms with Crippen LogP contribution in [-0.4, -0.2) is 54.0 Å².